The van der Waals surface area contributed by atoms with E-state index >= 15 is 0 Å². The predicted octanol–water partition coefficient (Wildman–Crippen LogP) is 0.385. The molecule has 0 atom stereocenters. The number of nitrogens with zero attached hydrogens (tertiary/aromatic N) is 4. The normalized spacial score (nSPS) is 14.3. The van der Waals surface area contributed by atoms with Gasteiger partial charge in [0.15, 0.2) is 0 Å². The third-order valence-corrected chi connectivity index (χ3v) is 3.56. The third-order valence-electron chi connectivity index (χ3n) is 2.74. The largest absolute Gasteiger partial charge is 0.453 e. The lowest BCUT2D eigenvalue weighted by atomic mass is 10.3. The molecular formula is C10H13N5O4S. The van der Waals surface area contributed by atoms with E-state index in [0.717, 1.165) is 18.6 Å². The standard InChI is InChI=1S/C10H13N5O4S/c1-6-7(20-13-12-6)8(16)14-4-3-5-15(14)9(17)11-10(18)19-2/h3-5H2,1-2H3,(H,11,17,18). The average molecular weight is 299 g/mol. The summed E-state index contributed by atoms with van der Waals surface area (Å²) in [6.45, 7) is 2.41. The van der Waals surface area contributed by atoms with Gasteiger partial charge in [0, 0.05) is 13.1 Å². The molecule has 0 spiro atoms. The van der Waals surface area contributed by atoms with Crippen LogP contribution in [0.1, 0.15) is 21.8 Å². The third kappa shape index (κ3) is 2.69. The van der Waals surface area contributed by atoms with E-state index in [1.54, 1.807) is 6.92 Å². The summed E-state index contributed by atoms with van der Waals surface area (Å²) >= 11 is 0.974. The fraction of sp³-hybridized carbons (Fsp3) is 0.500. The molecule has 0 unspecified atom stereocenters. The number of ether oxygens (including phenoxy) is 1. The first-order valence-electron chi connectivity index (χ1n) is 5.81. The summed E-state index contributed by atoms with van der Waals surface area (Å²) in [6.07, 6.45) is -0.240. The van der Waals surface area contributed by atoms with Gasteiger partial charge in [0.1, 0.15) is 4.88 Å². The second-order valence-electron chi connectivity index (χ2n) is 4.01. The molecule has 2 heterocycles. The Balaban J connectivity index is 2.11. The number of aromatic nitrogens is 2. The van der Waals surface area contributed by atoms with Gasteiger partial charge in [0.05, 0.1) is 12.8 Å². The van der Waals surface area contributed by atoms with Gasteiger partial charge in [-0.15, -0.1) is 5.10 Å². The quantitative estimate of drug-likeness (QED) is 0.804. The zero-order chi connectivity index (χ0) is 14.7. The molecule has 1 aromatic heterocycles. The molecule has 9 nitrogen and oxygen atoms in total. The van der Waals surface area contributed by atoms with Crippen LogP contribution in [0.25, 0.3) is 0 Å². The number of methoxy groups -OCH3 is 1. The second-order valence-corrected chi connectivity index (χ2v) is 4.77. The van der Waals surface area contributed by atoms with Crippen molar-refractivity contribution in [3.8, 4) is 0 Å². The molecule has 1 aromatic rings. The summed E-state index contributed by atoms with van der Waals surface area (Å²) < 4.78 is 8.05. The molecule has 1 fully saturated rings. The van der Waals surface area contributed by atoms with E-state index in [-0.39, 0.29) is 5.91 Å². The second kappa shape index (κ2) is 5.82. The van der Waals surface area contributed by atoms with Gasteiger partial charge < -0.3 is 4.74 Å². The maximum Gasteiger partial charge on any atom is 0.415 e. The number of amides is 4. The van der Waals surface area contributed by atoms with Gasteiger partial charge in [-0.2, -0.15) is 0 Å². The van der Waals surface area contributed by atoms with E-state index in [2.05, 4.69) is 14.3 Å². The molecule has 108 valence electrons. The molecule has 0 saturated carbocycles. The molecule has 0 bridgehead atoms. The van der Waals surface area contributed by atoms with Crippen molar-refractivity contribution in [2.24, 2.45) is 0 Å². The first-order valence-corrected chi connectivity index (χ1v) is 6.59. The molecule has 4 amide bonds. The number of carbonyl (C=O) groups is 3. The Morgan fingerprint density at radius 3 is 2.60 bits per heavy atom. The van der Waals surface area contributed by atoms with Crippen LogP contribution in [0.5, 0.6) is 0 Å². The average Bonchev–Trinajstić information content (AvgIpc) is 3.06. The van der Waals surface area contributed by atoms with E-state index in [4.69, 9.17) is 0 Å². The number of hydrogen-bond acceptors (Lipinski definition) is 7. The number of hydrazine groups is 1. The van der Waals surface area contributed by atoms with E-state index in [0.29, 0.717) is 30.1 Å². The van der Waals surface area contributed by atoms with Crippen molar-refractivity contribution in [1.82, 2.24) is 24.9 Å². The molecule has 2 rings (SSSR count). The zero-order valence-electron chi connectivity index (χ0n) is 11.0. The van der Waals surface area contributed by atoms with Gasteiger partial charge in [-0.3, -0.25) is 4.79 Å². The number of urea groups is 1. The monoisotopic (exact) mass is 299 g/mol. The highest BCUT2D eigenvalue weighted by atomic mass is 32.1. The number of rotatable bonds is 1. The molecular weight excluding hydrogens is 286 g/mol. The lowest BCUT2D eigenvalue weighted by Crippen LogP contribution is -2.50. The number of imide groups is 1. The summed E-state index contributed by atoms with van der Waals surface area (Å²) in [5, 5.41) is 8.25. The van der Waals surface area contributed by atoms with Gasteiger partial charge in [-0.1, -0.05) is 4.49 Å². The summed E-state index contributed by atoms with van der Waals surface area (Å²) in [6, 6.07) is -0.696. The molecule has 0 aromatic carbocycles. The summed E-state index contributed by atoms with van der Waals surface area (Å²) in [4.78, 5) is 35.6. The zero-order valence-corrected chi connectivity index (χ0v) is 11.8. The molecule has 1 N–H and O–H groups in total. The molecule has 0 radical (unpaired) electrons. The lowest BCUT2D eigenvalue weighted by molar-refractivity contribution is 0.0378. The topological polar surface area (TPSA) is 105 Å². The van der Waals surface area contributed by atoms with E-state index in [1.165, 1.54) is 10.0 Å². The molecule has 1 saturated heterocycles. The van der Waals surface area contributed by atoms with E-state index in [9.17, 15) is 14.4 Å². The predicted molar refractivity (Wildman–Crippen MR) is 67.9 cm³/mol. The van der Waals surface area contributed by atoms with Crippen LogP contribution < -0.4 is 5.32 Å². The molecule has 10 heteroatoms. The fourth-order valence-corrected chi connectivity index (χ4v) is 2.38. The summed E-state index contributed by atoms with van der Waals surface area (Å²) in [5.74, 6) is -0.352. The Labute approximate surface area is 118 Å². The van der Waals surface area contributed by atoms with Crippen LogP contribution >= 0.6 is 11.5 Å². The Bertz CT molecular complexity index is 546. The smallest absolute Gasteiger partial charge is 0.415 e. The van der Waals surface area contributed by atoms with Gasteiger partial charge in [-0.25, -0.2) is 24.9 Å². The highest BCUT2D eigenvalue weighted by molar-refractivity contribution is 7.07. The Kier molecular flexibility index (Phi) is 4.13. The van der Waals surface area contributed by atoms with Crippen molar-refractivity contribution in [1.29, 1.82) is 0 Å². The number of carbonyl (C=O) groups excluding carboxylic acids is 3. The van der Waals surface area contributed by atoms with Crippen LogP contribution in [-0.2, 0) is 4.74 Å². The van der Waals surface area contributed by atoms with Gasteiger partial charge in [-0.05, 0) is 24.9 Å². The number of hydrogen-bond donors (Lipinski definition) is 1. The van der Waals surface area contributed by atoms with Gasteiger partial charge in [0.25, 0.3) is 5.91 Å². The number of nitrogens with one attached hydrogen (secondary N) is 1. The summed E-state index contributed by atoms with van der Waals surface area (Å²) in [7, 11) is 1.15. The molecule has 1 aliphatic rings. The van der Waals surface area contributed by atoms with Crippen molar-refractivity contribution < 1.29 is 19.1 Å². The van der Waals surface area contributed by atoms with Crippen LogP contribution in [0, 0.1) is 6.92 Å². The summed E-state index contributed by atoms with van der Waals surface area (Å²) in [5.41, 5.74) is 0.514. The van der Waals surface area contributed by atoms with E-state index < -0.39 is 12.1 Å². The van der Waals surface area contributed by atoms with Crippen LogP contribution in [0.15, 0.2) is 0 Å². The van der Waals surface area contributed by atoms with Crippen LogP contribution in [-0.4, -0.2) is 57.8 Å². The maximum atomic E-state index is 12.3. The minimum absolute atomic E-state index is 0.347. The van der Waals surface area contributed by atoms with Gasteiger partial charge >= 0.3 is 12.1 Å². The maximum absolute atomic E-state index is 12.3. The van der Waals surface area contributed by atoms with Crippen LogP contribution in [0.2, 0.25) is 0 Å². The first kappa shape index (κ1) is 14.2. The SMILES string of the molecule is COC(=O)NC(=O)N1CCCN1C(=O)c1snnc1C. The number of alkyl carbamates (subject to hydrolysis) is 1. The highest BCUT2D eigenvalue weighted by Gasteiger charge is 2.33. The molecule has 20 heavy (non-hydrogen) atoms. The van der Waals surface area contributed by atoms with Gasteiger partial charge in [0.2, 0.25) is 0 Å². The van der Waals surface area contributed by atoms with E-state index in [1.807, 2.05) is 5.32 Å². The Hall–Kier alpha value is -2.23. The van der Waals surface area contributed by atoms with Crippen LogP contribution in [0.3, 0.4) is 0 Å². The van der Waals surface area contributed by atoms with Crippen LogP contribution in [0.4, 0.5) is 9.59 Å². The van der Waals surface area contributed by atoms with Crippen molar-refractivity contribution in [3.63, 3.8) is 0 Å². The highest BCUT2D eigenvalue weighted by Crippen LogP contribution is 2.18. The molecule has 1 aliphatic heterocycles. The lowest BCUT2D eigenvalue weighted by Gasteiger charge is -2.26. The van der Waals surface area contributed by atoms with Crippen molar-refractivity contribution in [2.45, 2.75) is 13.3 Å². The minimum atomic E-state index is -0.870. The first-order chi connectivity index (χ1) is 9.54. The van der Waals surface area contributed by atoms with Crippen molar-refractivity contribution >= 4 is 29.6 Å². The Morgan fingerprint density at radius 2 is 2.00 bits per heavy atom. The molecule has 0 aliphatic carbocycles. The van der Waals surface area contributed by atoms with Crippen molar-refractivity contribution in [3.05, 3.63) is 10.6 Å². The van der Waals surface area contributed by atoms with Crippen molar-refractivity contribution in [2.75, 3.05) is 20.2 Å². The minimum Gasteiger partial charge on any atom is -0.453 e. The Morgan fingerprint density at radius 1 is 1.30 bits per heavy atom. The fourth-order valence-electron chi connectivity index (χ4n) is 1.78. The number of aryl methyl sites for hydroxylation is 1.